The fraction of sp³-hybridized carbons (Fsp3) is 0.316. The number of carbonyl (C=O) groups excluding carboxylic acids is 2. The number of aromatic nitrogens is 1. The van der Waals surface area contributed by atoms with Gasteiger partial charge in [-0.15, -0.1) is 0 Å². The van der Waals surface area contributed by atoms with E-state index in [0.717, 1.165) is 6.20 Å². The summed E-state index contributed by atoms with van der Waals surface area (Å²) in [4.78, 5) is 38.7. The van der Waals surface area contributed by atoms with Gasteiger partial charge in [0.15, 0.2) is 11.4 Å². The van der Waals surface area contributed by atoms with Crippen LogP contribution in [0.3, 0.4) is 0 Å². The Kier molecular flexibility index (Phi) is 5.62. The molecule has 0 radical (unpaired) electrons. The highest BCUT2D eigenvalue weighted by Crippen LogP contribution is 2.21. The summed E-state index contributed by atoms with van der Waals surface area (Å²) in [5.74, 6) is -5.84. The molecule has 0 spiro atoms. The Balaban J connectivity index is 1.87. The van der Waals surface area contributed by atoms with Crippen LogP contribution in [0.2, 0.25) is 0 Å². The van der Waals surface area contributed by atoms with Crippen LogP contribution in [-0.4, -0.2) is 39.5 Å². The molecule has 1 aromatic carbocycles. The fourth-order valence-corrected chi connectivity index (χ4v) is 3.18. The summed E-state index contributed by atoms with van der Waals surface area (Å²) in [6, 6.07) is 0.940. The van der Waals surface area contributed by atoms with Gasteiger partial charge in [-0.25, -0.2) is 13.2 Å². The Morgan fingerprint density at radius 3 is 2.45 bits per heavy atom. The predicted octanol–water partition coefficient (Wildman–Crippen LogP) is 1.77. The fourth-order valence-electron chi connectivity index (χ4n) is 3.18. The minimum Gasteiger partial charge on any atom is -0.503 e. The Hall–Kier alpha value is -3.30. The first-order valence-electron chi connectivity index (χ1n) is 8.91. The van der Waals surface area contributed by atoms with Crippen molar-refractivity contribution in [2.75, 3.05) is 13.1 Å². The molecule has 0 bridgehead atoms. The maximum atomic E-state index is 13.7. The molecule has 2 aromatic rings. The molecule has 1 aliphatic rings. The molecule has 7 nitrogen and oxygen atoms in total. The second kappa shape index (κ2) is 7.98. The molecule has 29 heavy (non-hydrogen) atoms. The Morgan fingerprint density at radius 1 is 1.17 bits per heavy atom. The minimum atomic E-state index is -1.19. The average Bonchev–Trinajstić information content (AvgIpc) is 2.65. The summed E-state index contributed by atoms with van der Waals surface area (Å²) < 4.78 is 41.7. The third kappa shape index (κ3) is 3.82. The summed E-state index contributed by atoms with van der Waals surface area (Å²) in [5, 5.41) is 12.4. The Bertz CT molecular complexity index is 1030. The van der Waals surface area contributed by atoms with Crippen LogP contribution in [0.1, 0.15) is 39.8 Å². The van der Waals surface area contributed by atoms with Gasteiger partial charge >= 0.3 is 0 Å². The molecule has 2 N–H and O–H groups in total. The number of benzene rings is 1. The number of halogens is 3. The van der Waals surface area contributed by atoms with E-state index in [2.05, 4.69) is 5.32 Å². The number of rotatable bonds is 5. The van der Waals surface area contributed by atoms with Gasteiger partial charge in [0.05, 0.1) is 0 Å². The molecule has 10 heteroatoms. The van der Waals surface area contributed by atoms with Crippen molar-refractivity contribution in [1.82, 2.24) is 14.8 Å². The van der Waals surface area contributed by atoms with Crippen molar-refractivity contribution in [3.8, 4) is 5.75 Å². The lowest BCUT2D eigenvalue weighted by Crippen LogP contribution is -2.43. The molecular weight excluding hydrogens is 391 g/mol. The molecule has 1 aromatic heterocycles. The topological polar surface area (TPSA) is 91.6 Å². The third-order valence-corrected chi connectivity index (χ3v) is 4.63. The predicted molar refractivity (Wildman–Crippen MR) is 96.0 cm³/mol. The first kappa shape index (κ1) is 20.4. The number of hydrogen-bond donors (Lipinski definition) is 2. The lowest BCUT2D eigenvalue weighted by atomic mass is 10.1. The van der Waals surface area contributed by atoms with Crippen LogP contribution in [0.25, 0.3) is 0 Å². The Morgan fingerprint density at radius 2 is 1.83 bits per heavy atom. The number of hydrogen-bond acceptors (Lipinski definition) is 4. The molecule has 2 amide bonds. The van der Waals surface area contributed by atoms with E-state index in [9.17, 15) is 32.7 Å². The molecule has 0 unspecified atom stereocenters. The van der Waals surface area contributed by atoms with Crippen molar-refractivity contribution < 1.29 is 27.9 Å². The van der Waals surface area contributed by atoms with Crippen molar-refractivity contribution in [2.45, 2.75) is 26.4 Å². The van der Waals surface area contributed by atoms with E-state index in [0.29, 0.717) is 31.6 Å². The van der Waals surface area contributed by atoms with Crippen LogP contribution in [-0.2, 0) is 13.1 Å². The van der Waals surface area contributed by atoms with E-state index in [1.54, 1.807) is 0 Å². The van der Waals surface area contributed by atoms with Crippen LogP contribution >= 0.6 is 0 Å². The standard InChI is InChI=1S/C19H18F3N3O4/c1-2-3-24-4-5-25-9-12(16(26)17(27)15(25)19(24)29)18(28)23-8-11-13(21)6-10(20)7-14(11)22/h6-7,9,27H,2-5,8H2,1H3,(H,23,28). The lowest BCUT2D eigenvalue weighted by molar-refractivity contribution is 0.0695. The minimum absolute atomic E-state index is 0.207. The second-order valence-electron chi connectivity index (χ2n) is 6.59. The molecule has 3 rings (SSSR count). The van der Waals surface area contributed by atoms with Crippen molar-refractivity contribution in [3.05, 3.63) is 62.8 Å². The van der Waals surface area contributed by atoms with Crippen molar-refractivity contribution in [2.24, 2.45) is 0 Å². The highest BCUT2D eigenvalue weighted by molar-refractivity contribution is 5.99. The number of pyridine rings is 1. The molecule has 1 aliphatic heterocycles. The normalized spacial score (nSPS) is 13.4. The van der Waals surface area contributed by atoms with Crippen LogP contribution in [0.15, 0.2) is 23.1 Å². The highest BCUT2D eigenvalue weighted by Gasteiger charge is 2.30. The molecule has 0 saturated carbocycles. The van der Waals surface area contributed by atoms with Crippen molar-refractivity contribution in [3.63, 3.8) is 0 Å². The van der Waals surface area contributed by atoms with E-state index in [-0.39, 0.29) is 12.2 Å². The number of aromatic hydroxyl groups is 1. The molecule has 0 saturated heterocycles. The molecule has 0 fully saturated rings. The quantitative estimate of drug-likeness (QED) is 0.788. The van der Waals surface area contributed by atoms with Crippen LogP contribution in [0, 0.1) is 17.5 Å². The molecule has 0 atom stereocenters. The van der Waals surface area contributed by atoms with Crippen molar-refractivity contribution >= 4 is 11.8 Å². The monoisotopic (exact) mass is 409 g/mol. The van der Waals surface area contributed by atoms with Crippen LogP contribution in [0.5, 0.6) is 5.75 Å². The summed E-state index contributed by atoms with van der Waals surface area (Å²) in [7, 11) is 0. The number of nitrogens with one attached hydrogen (secondary N) is 1. The van der Waals surface area contributed by atoms with Crippen molar-refractivity contribution in [1.29, 1.82) is 0 Å². The Labute approximate surface area is 163 Å². The van der Waals surface area contributed by atoms with Gasteiger partial charge in [0.1, 0.15) is 23.0 Å². The number of carbonyl (C=O) groups is 2. The molecular formula is C19H18F3N3O4. The molecule has 154 valence electrons. The van der Waals surface area contributed by atoms with Crippen LogP contribution < -0.4 is 10.7 Å². The first-order chi connectivity index (χ1) is 13.7. The van der Waals surface area contributed by atoms with Gasteiger partial charge in [0.2, 0.25) is 5.43 Å². The van der Waals surface area contributed by atoms with E-state index < -0.39 is 58.1 Å². The van der Waals surface area contributed by atoms with Gasteiger partial charge in [-0.1, -0.05) is 6.92 Å². The summed E-state index contributed by atoms with van der Waals surface area (Å²) >= 11 is 0. The van der Waals surface area contributed by atoms with E-state index >= 15 is 0 Å². The first-order valence-corrected chi connectivity index (χ1v) is 8.91. The van der Waals surface area contributed by atoms with E-state index in [1.807, 2.05) is 6.92 Å². The van der Waals surface area contributed by atoms with Crippen LogP contribution in [0.4, 0.5) is 13.2 Å². The number of fused-ring (bicyclic) bond motifs is 1. The van der Waals surface area contributed by atoms with E-state index in [4.69, 9.17) is 0 Å². The molecule has 2 heterocycles. The second-order valence-corrected chi connectivity index (χ2v) is 6.59. The van der Waals surface area contributed by atoms with Gasteiger partial charge in [-0.2, -0.15) is 0 Å². The van der Waals surface area contributed by atoms with Gasteiger partial charge in [0.25, 0.3) is 11.8 Å². The zero-order chi connectivity index (χ0) is 21.3. The average molecular weight is 409 g/mol. The van der Waals surface area contributed by atoms with E-state index in [1.165, 1.54) is 9.47 Å². The maximum absolute atomic E-state index is 13.7. The summed E-state index contributed by atoms with van der Waals surface area (Å²) in [6.07, 6.45) is 1.83. The third-order valence-electron chi connectivity index (χ3n) is 4.63. The number of amides is 2. The zero-order valence-corrected chi connectivity index (χ0v) is 15.5. The zero-order valence-electron chi connectivity index (χ0n) is 15.5. The van der Waals surface area contributed by atoms with Gasteiger partial charge in [-0.3, -0.25) is 14.4 Å². The van der Waals surface area contributed by atoms with Gasteiger partial charge in [-0.05, 0) is 6.42 Å². The SMILES string of the molecule is CCCN1CCn2cc(C(=O)NCc3c(F)cc(F)cc3F)c(=O)c(O)c2C1=O. The van der Waals surface area contributed by atoms with Gasteiger partial charge in [0, 0.05) is 50.1 Å². The van der Waals surface area contributed by atoms with Gasteiger partial charge < -0.3 is 19.9 Å². The highest BCUT2D eigenvalue weighted by atomic mass is 19.1. The molecule has 0 aliphatic carbocycles. The maximum Gasteiger partial charge on any atom is 0.274 e. The largest absolute Gasteiger partial charge is 0.503 e. The smallest absolute Gasteiger partial charge is 0.274 e. The summed E-state index contributed by atoms with van der Waals surface area (Å²) in [5.41, 5.74) is -2.33. The lowest BCUT2D eigenvalue weighted by Gasteiger charge is -2.30. The summed E-state index contributed by atoms with van der Waals surface area (Å²) in [6.45, 7) is 2.31. The number of nitrogens with zero attached hydrogens (tertiary/aromatic N) is 2.